The highest BCUT2D eigenvalue weighted by molar-refractivity contribution is 5.77. The van der Waals surface area contributed by atoms with Gasteiger partial charge in [0.2, 0.25) is 5.91 Å². The van der Waals surface area contributed by atoms with Crippen molar-refractivity contribution in [3.8, 4) is 6.07 Å². The van der Waals surface area contributed by atoms with Gasteiger partial charge in [-0.25, -0.2) is 0 Å². The van der Waals surface area contributed by atoms with E-state index in [9.17, 15) is 4.79 Å². The molecule has 1 amide bonds. The highest BCUT2D eigenvalue weighted by atomic mass is 16.5. The number of nitrogens with one attached hydrogen (secondary N) is 1. The molecule has 0 aromatic heterocycles. The molecule has 0 bridgehead atoms. The SMILES string of the molecule is CCCOCC(=O)NC(CC)CC#N. The first kappa shape index (κ1) is 12.9. The topological polar surface area (TPSA) is 62.1 Å². The number of rotatable bonds is 7. The van der Waals surface area contributed by atoms with Gasteiger partial charge in [-0.3, -0.25) is 4.79 Å². The molecule has 0 saturated heterocycles. The first-order valence-electron chi connectivity index (χ1n) is 4.98. The van der Waals surface area contributed by atoms with Crippen LogP contribution in [0.2, 0.25) is 0 Å². The van der Waals surface area contributed by atoms with Gasteiger partial charge < -0.3 is 10.1 Å². The average Bonchev–Trinajstić information content (AvgIpc) is 2.17. The minimum Gasteiger partial charge on any atom is -0.372 e. The predicted molar refractivity (Wildman–Crippen MR) is 53.6 cm³/mol. The van der Waals surface area contributed by atoms with Crippen LogP contribution in [0.3, 0.4) is 0 Å². The lowest BCUT2D eigenvalue weighted by molar-refractivity contribution is -0.126. The minimum absolute atomic E-state index is 0.0438. The lowest BCUT2D eigenvalue weighted by atomic mass is 10.2. The Kier molecular flexibility index (Phi) is 7.86. The molecule has 0 fully saturated rings. The minimum atomic E-state index is -0.138. The van der Waals surface area contributed by atoms with Crippen LogP contribution in [0.1, 0.15) is 33.1 Å². The summed E-state index contributed by atoms with van der Waals surface area (Å²) in [5.41, 5.74) is 0. The number of hydrogen-bond donors (Lipinski definition) is 1. The van der Waals surface area contributed by atoms with E-state index in [0.717, 1.165) is 12.8 Å². The van der Waals surface area contributed by atoms with Gasteiger partial charge >= 0.3 is 0 Å². The Morgan fingerprint density at radius 2 is 2.29 bits per heavy atom. The van der Waals surface area contributed by atoms with Crippen LogP contribution in [0.25, 0.3) is 0 Å². The first-order valence-corrected chi connectivity index (χ1v) is 4.98. The third kappa shape index (κ3) is 6.44. The van der Waals surface area contributed by atoms with Crippen molar-refractivity contribution >= 4 is 5.91 Å². The zero-order valence-corrected chi connectivity index (χ0v) is 8.88. The number of amides is 1. The maximum atomic E-state index is 11.2. The van der Waals surface area contributed by atoms with Crippen molar-refractivity contribution in [2.24, 2.45) is 0 Å². The monoisotopic (exact) mass is 198 g/mol. The highest BCUT2D eigenvalue weighted by Crippen LogP contribution is 1.95. The Balaban J connectivity index is 3.63. The van der Waals surface area contributed by atoms with Crippen molar-refractivity contribution in [1.29, 1.82) is 5.26 Å². The molecule has 0 rings (SSSR count). The maximum absolute atomic E-state index is 11.2. The molecule has 0 aliphatic carbocycles. The van der Waals surface area contributed by atoms with E-state index in [1.807, 2.05) is 19.9 Å². The second-order valence-electron chi connectivity index (χ2n) is 3.09. The second-order valence-corrected chi connectivity index (χ2v) is 3.09. The molecule has 1 unspecified atom stereocenters. The molecule has 0 aromatic rings. The molecule has 4 heteroatoms. The molecule has 4 nitrogen and oxygen atoms in total. The van der Waals surface area contributed by atoms with Crippen molar-refractivity contribution in [1.82, 2.24) is 5.32 Å². The largest absolute Gasteiger partial charge is 0.372 e. The zero-order chi connectivity index (χ0) is 10.8. The summed E-state index contributed by atoms with van der Waals surface area (Å²) in [5, 5.41) is 11.2. The molecule has 1 atom stereocenters. The molecule has 1 N–H and O–H groups in total. The zero-order valence-electron chi connectivity index (χ0n) is 8.88. The van der Waals surface area contributed by atoms with Crippen molar-refractivity contribution in [3.05, 3.63) is 0 Å². The van der Waals surface area contributed by atoms with Crippen LogP contribution in [0.4, 0.5) is 0 Å². The predicted octanol–water partition coefficient (Wildman–Crippen LogP) is 1.22. The van der Waals surface area contributed by atoms with Gasteiger partial charge in [0.15, 0.2) is 0 Å². The molecular weight excluding hydrogens is 180 g/mol. The van der Waals surface area contributed by atoms with Gasteiger partial charge in [-0.1, -0.05) is 13.8 Å². The Bertz CT molecular complexity index is 199. The number of nitrogens with zero attached hydrogens (tertiary/aromatic N) is 1. The molecule has 14 heavy (non-hydrogen) atoms. The van der Waals surface area contributed by atoms with Crippen molar-refractivity contribution in [2.75, 3.05) is 13.2 Å². The Morgan fingerprint density at radius 3 is 2.79 bits per heavy atom. The van der Waals surface area contributed by atoms with Crippen molar-refractivity contribution in [2.45, 2.75) is 39.2 Å². The van der Waals surface area contributed by atoms with Crippen LogP contribution in [0.5, 0.6) is 0 Å². The average molecular weight is 198 g/mol. The fourth-order valence-electron chi connectivity index (χ4n) is 0.986. The molecule has 0 aromatic carbocycles. The van der Waals surface area contributed by atoms with Gasteiger partial charge in [0.1, 0.15) is 6.61 Å². The van der Waals surface area contributed by atoms with Gasteiger partial charge in [-0.15, -0.1) is 0 Å². The molecule has 80 valence electrons. The van der Waals surface area contributed by atoms with E-state index >= 15 is 0 Å². The molecule has 0 saturated carbocycles. The normalized spacial score (nSPS) is 11.8. The molecule has 0 aliphatic rings. The molecular formula is C10H18N2O2. The highest BCUT2D eigenvalue weighted by Gasteiger charge is 2.09. The standard InChI is InChI=1S/C10H18N2O2/c1-3-7-14-8-10(13)12-9(4-2)5-6-11/h9H,3-5,7-8H2,1-2H3,(H,12,13). The van der Waals surface area contributed by atoms with Gasteiger partial charge in [-0.2, -0.15) is 5.26 Å². The maximum Gasteiger partial charge on any atom is 0.246 e. The lowest BCUT2D eigenvalue weighted by Gasteiger charge is -2.13. The summed E-state index contributed by atoms with van der Waals surface area (Å²) in [4.78, 5) is 11.2. The van der Waals surface area contributed by atoms with E-state index in [0.29, 0.717) is 13.0 Å². The summed E-state index contributed by atoms with van der Waals surface area (Å²) in [5.74, 6) is -0.138. The van der Waals surface area contributed by atoms with Crippen molar-refractivity contribution in [3.63, 3.8) is 0 Å². The van der Waals surface area contributed by atoms with Crippen LogP contribution in [0, 0.1) is 11.3 Å². The summed E-state index contributed by atoms with van der Waals surface area (Å²) < 4.78 is 5.07. The Labute approximate surface area is 85.2 Å². The van der Waals surface area contributed by atoms with E-state index < -0.39 is 0 Å². The van der Waals surface area contributed by atoms with Crippen LogP contribution >= 0.6 is 0 Å². The third-order valence-electron chi connectivity index (χ3n) is 1.78. The lowest BCUT2D eigenvalue weighted by Crippen LogP contribution is -2.36. The summed E-state index contributed by atoms with van der Waals surface area (Å²) in [6.07, 6.45) is 2.03. The molecule has 0 spiro atoms. The molecule has 0 heterocycles. The molecule has 0 aliphatic heterocycles. The smallest absolute Gasteiger partial charge is 0.246 e. The quantitative estimate of drug-likeness (QED) is 0.626. The Hall–Kier alpha value is -1.08. The van der Waals surface area contributed by atoms with E-state index in [-0.39, 0.29) is 18.6 Å². The summed E-state index contributed by atoms with van der Waals surface area (Å²) >= 11 is 0. The third-order valence-corrected chi connectivity index (χ3v) is 1.78. The fourth-order valence-corrected chi connectivity index (χ4v) is 0.986. The summed E-state index contributed by atoms with van der Waals surface area (Å²) in [6.45, 7) is 4.62. The summed E-state index contributed by atoms with van der Waals surface area (Å²) in [6, 6.07) is 1.99. The molecule has 0 radical (unpaired) electrons. The Morgan fingerprint density at radius 1 is 1.57 bits per heavy atom. The van der Waals surface area contributed by atoms with Gasteiger partial charge in [0, 0.05) is 12.6 Å². The number of nitriles is 1. The number of carbonyl (C=O) groups excluding carboxylic acids is 1. The fraction of sp³-hybridized carbons (Fsp3) is 0.800. The van der Waals surface area contributed by atoms with Crippen LogP contribution in [-0.2, 0) is 9.53 Å². The van der Waals surface area contributed by atoms with Crippen molar-refractivity contribution < 1.29 is 9.53 Å². The van der Waals surface area contributed by atoms with Gasteiger partial charge in [0.05, 0.1) is 12.5 Å². The number of ether oxygens (including phenoxy) is 1. The van der Waals surface area contributed by atoms with E-state index in [1.54, 1.807) is 0 Å². The van der Waals surface area contributed by atoms with Crippen LogP contribution in [0.15, 0.2) is 0 Å². The van der Waals surface area contributed by atoms with E-state index in [2.05, 4.69) is 5.32 Å². The number of hydrogen-bond acceptors (Lipinski definition) is 3. The second kappa shape index (κ2) is 8.52. The van der Waals surface area contributed by atoms with Crippen LogP contribution in [-0.4, -0.2) is 25.2 Å². The van der Waals surface area contributed by atoms with E-state index in [1.165, 1.54) is 0 Å². The first-order chi connectivity index (χ1) is 6.74. The van der Waals surface area contributed by atoms with Gasteiger partial charge in [0.25, 0.3) is 0 Å². The summed E-state index contributed by atoms with van der Waals surface area (Å²) in [7, 11) is 0. The number of carbonyl (C=O) groups is 1. The van der Waals surface area contributed by atoms with E-state index in [4.69, 9.17) is 10.00 Å². The van der Waals surface area contributed by atoms with Gasteiger partial charge in [-0.05, 0) is 12.8 Å². The van der Waals surface area contributed by atoms with Crippen LogP contribution < -0.4 is 5.32 Å².